The molecule has 3 saturated carbocycles. The molecule has 3 aliphatic carbocycles. The Bertz CT molecular complexity index is 329. The van der Waals surface area contributed by atoms with Gasteiger partial charge in [-0.15, -0.1) is 0 Å². The van der Waals surface area contributed by atoms with E-state index in [4.69, 9.17) is 0 Å². The largest absolute Gasteiger partial charge is 0.299 e. The zero-order chi connectivity index (χ0) is 12.8. The molecule has 1 nitrogen and oxygen atoms in total. The van der Waals surface area contributed by atoms with Gasteiger partial charge in [0.15, 0.2) is 0 Å². The van der Waals surface area contributed by atoms with Crippen molar-refractivity contribution < 1.29 is 4.79 Å². The van der Waals surface area contributed by atoms with Gasteiger partial charge in [0.05, 0.1) is 0 Å². The average Bonchev–Trinajstić information content (AvgIpc) is 3.21. The van der Waals surface area contributed by atoms with Crippen LogP contribution >= 0.6 is 0 Å². The van der Waals surface area contributed by atoms with Crippen LogP contribution in [0.15, 0.2) is 0 Å². The van der Waals surface area contributed by atoms with Gasteiger partial charge >= 0.3 is 0 Å². The Labute approximate surface area is 112 Å². The summed E-state index contributed by atoms with van der Waals surface area (Å²) in [5.41, 5.74) is 0.546. The van der Waals surface area contributed by atoms with Gasteiger partial charge in [0.1, 0.15) is 5.78 Å². The summed E-state index contributed by atoms with van der Waals surface area (Å²) in [5.74, 6) is 3.90. The van der Waals surface area contributed by atoms with Crippen LogP contribution in [0.1, 0.15) is 71.6 Å². The molecule has 2 unspecified atom stereocenters. The first kappa shape index (κ1) is 12.7. The van der Waals surface area contributed by atoms with E-state index in [2.05, 4.69) is 13.8 Å². The summed E-state index contributed by atoms with van der Waals surface area (Å²) >= 11 is 0. The first-order valence-electron chi connectivity index (χ1n) is 8.23. The van der Waals surface area contributed by atoms with Crippen molar-refractivity contribution in [1.82, 2.24) is 0 Å². The zero-order valence-corrected chi connectivity index (χ0v) is 12.1. The summed E-state index contributed by atoms with van der Waals surface area (Å²) in [6.07, 6.45) is 11.5. The molecule has 0 amide bonds. The van der Waals surface area contributed by atoms with E-state index in [1.165, 1.54) is 51.4 Å². The Morgan fingerprint density at radius 1 is 1.33 bits per heavy atom. The lowest BCUT2D eigenvalue weighted by molar-refractivity contribution is -0.121. The van der Waals surface area contributed by atoms with Gasteiger partial charge < -0.3 is 0 Å². The van der Waals surface area contributed by atoms with Crippen LogP contribution in [0.25, 0.3) is 0 Å². The second-order valence-electron chi connectivity index (χ2n) is 7.21. The molecule has 0 saturated heterocycles. The van der Waals surface area contributed by atoms with E-state index >= 15 is 0 Å². The van der Waals surface area contributed by atoms with Crippen LogP contribution in [0.2, 0.25) is 0 Å². The second-order valence-corrected chi connectivity index (χ2v) is 7.21. The third-order valence-corrected chi connectivity index (χ3v) is 6.32. The SMILES string of the molecule is CC[C@@H]1CC1[C@@H](CC)CCC(=O)C1CC12CCC2. The smallest absolute Gasteiger partial charge is 0.136 e. The molecule has 3 fully saturated rings. The van der Waals surface area contributed by atoms with Gasteiger partial charge in [-0.1, -0.05) is 33.1 Å². The van der Waals surface area contributed by atoms with Crippen molar-refractivity contribution in [3.63, 3.8) is 0 Å². The van der Waals surface area contributed by atoms with E-state index < -0.39 is 0 Å². The highest BCUT2D eigenvalue weighted by Gasteiger charge is 2.60. The molecule has 18 heavy (non-hydrogen) atoms. The Balaban J connectivity index is 1.42. The summed E-state index contributed by atoms with van der Waals surface area (Å²) in [7, 11) is 0. The monoisotopic (exact) mass is 248 g/mol. The lowest BCUT2D eigenvalue weighted by Gasteiger charge is -2.26. The van der Waals surface area contributed by atoms with Crippen molar-refractivity contribution in [3.8, 4) is 0 Å². The number of ketones is 1. The lowest BCUT2D eigenvalue weighted by atomic mass is 9.78. The Hall–Kier alpha value is -0.330. The fraction of sp³-hybridized carbons (Fsp3) is 0.941. The highest BCUT2D eigenvalue weighted by atomic mass is 16.1. The molecular formula is C17H28O. The normalized spacial score (nSPS) is 37.1. The van der Waals surface area contributed by atoms with Crippen LogP contribution < -0.4 is 0 Å². The molecule has 0 radical (unpaired) electrons. The van der Waals surface area contributed by atoms with Gasteiger partial charge in [-0.2, -0.15) is 0 Å². The van der Waals surface area contributed by atoms with Crippen molar-refractivity contribution in [2.75, 3.05) is 0 Å². The van der Waals surface area contributed by atoms with Crippen molar-refractivity contribution in [2.24, 2.45) is 29.1 Å². The van der Waals surface area contributed by atoms with E-state index in [0.717, 1.165) is 24.2 Å². The van der Waals surface area contributed by atoms with Crippen LogP contribution in [-0.2, 0) is 4.79 Å². The number of hydrogen-bond acceptors (Lipinski definition) is 1. The van der Waals surface area contributed by atoms with E-state index in [1.54, 1.807) is 0 Å². The van der Waals surface area contributed by atoms with E-state index in [-0.39, 0.29) is 0 Å². The predicted molar refractivity (Wildman–Crippen MR) is 74.3 cm³/mol. The summed E-state index contributed by atoms with van der Waals surface area (Å²) < 4.78 is 0. The van der Waals surface area contributed by atoms with Gasteiger partial charge in [0, 0.05) is 12.3 Å². The molecular weight excluding hydrogens is 220 g/mol. The highest BCUT2D eigenvalue weighted by molar-refractivity contribution is 5.84. The number of rotatable bonds is 7. The van der Waals surface area contributed by atoms with Gasteiger partial charge in [-0.3, -0.25) is 4.79 Å². The third-order valence-electron chi connectivity index (χ3n) is 6.32. The molecule has 0 aromatic heterocycles. The first-order chi connectivity index (χ1) is 8.70. The van der Waals surface area contributed by atoms with Crippen molar-refractivity contribution in [1.29, 1.82) is 0 Å². The molecule has 0 heterocycles. The minimum Gasteiger partial charge on any atom is -0.299 e. The average molecular weight is 248 g/mol. The second kappa shape index (κ2) is 4.65. The van der Waals surface area contributed by atoms with E-state index in [0.29, 0.717) is 17.1 Å². The van der Waals surface area contributed by atoms with E-state index in [1.807, 2.05) is 0 Å². The van der Waals surface area contributed by atoms with Crippen LogP contribution in [0.5, 0.6) is 0 Å². The minimum atomic E-state index is 0.491. The molecule has 1 heteroatoms. The molecule has 0 aliphatic heterocycles. The third kappa shape index (κ3) is 2.14. The van der Waals surface area contributed by atoms with Crippen molar-refractivity contribution in [2.45, 2.75) is 71.6 Å². The summed E-state index contributed by atoms with van der Waals surface area (Å²) in [5, 5.41) is 0. The highest BCUT2D eigenvalue weighted by Crippen LogP contribution is 2.66. The molecule has 3 aliphatic rings. The van der Waals surface area contributed by atoms with Crippen LogP contribution in [0, 0.1) is 29.1 Å². The minimum absolute atomic E-state index is 0.491. The molecule has 0 N–H and O–H groups in total. The fourth-order valence-corrected chi connectivity index (χ4v) is 4.53. The molecule has 0 aromatic carbocycles. The first-order valence-corrected chi connectivity index (χ1v) is 8.23. The number of carbonyl (C=O) groups is 1. The molecule has 0 aromatic rings. The molecule has 1 spiro atoms. The summed E-state index contributed by atoms with van der Waals surface area (Å²) in [6, 6.07) is 0. The maximum atomic E-state index is 12.2. The van der Waals surface area contributed by atoms with Crippen LogP contribution in [0.3, 0.4) is 0 Å². The van der Waals surface area contributed by atoms with Crippen molar-refractivity contribution in [3.05, 3.63) is 0 Å². The Kier molecular flexibility index (Phi) is 3.28. The maximum absolute atomic E-state index is 12.2. The van der Waals surface area contributed by atoms with Crippen LogP contribution in [0.4, 0.5) is 0 Å². The lowest BCUT2D eigenvalue weighted by Crippen LogP contribution is -2.19. The standard InChI is InChI=1S/C17H28O/c1-3-12(14-10-13(14)4-2)6-7-16(18)15-11-17(15)8-5-9-17/h12-15H,3-11H2,1-2H3/t12-,13+,14?,15?/m0/s1. The predicted octanol–water partition coefficient (Wildman–Crippen LogP) is 4.60. The number of Topliss-reactive ketones (excluding diaryl/α,β-unsaturated/α-hetero) is 1. The zero-order valence-electron chi connectivity index (χ0n) is 12.1. The Morgan fingerprint density at radius 2 is 2.11 bits per heavy atom. The van der Waals surface area contributed by atoms with Gasteiger partial charge in [-0.05, 0) is 55.3 Å². The van der Waals surface area contributed by atoms with Gasteiger partial charge in [0.25, 0.3) is 0 Å². The molecule has 4 atom stereocenters. The molecule has 0 bridgehead atoms. The number of hydrogen-bond donors (Lipinski definition) is 0. The summed E-state index contributed by atoms with van der Waals surface area (Å²) in [4.78, 5) is 12.2. The van der Waals surface area contributed by atoms with Gasteiger partial charge in [0.2, 0.25) is 0 Å². The maximum Gasteiger partial charge on any atom is 0.136 e. The quantitative estimate of drug-likeness (QED) is 0.643. The van der Waals surface area contributed by atoms with E-state index in [9.17, 15) is 4.79 Å². The van der Waals surface area contributed by atoms with Crippen LogP contribution in [-0.4, -0.2) is 5.78 Å². The fourth-order valence-electron chi connectivity index (χ4n) is 4.53. The Morgan fingerprint density at radius 3 is 2.56 bits per heavy atom. The summed E-state index contributed by atoms with van der Waals surface area (Å²) in [6.45, 7) is 4.62. The van der Waals surface area contributed by atoms with Gasteiger partial charge in [-0.25, -0.2) is 0 Å². The number of carbonyl (C=O) groups excluding carboxylic acids is 1. The van der Waals surface area contributed by atoms with Crippen molar-refractivity contribution >= 4 is 5.78 Å². The molecule has 3 rings (SSSR count). The molecule has 102 valence electrons. The topological polar surface area (TPSA) is 17.1 Å².